The van der Waals surface area contributed by atoms with Gasteiger partial charge in [-0.05, 0) is 23.6 Å². The SMILES string of the molecule is CC(C)(C)C(=O)Nc1cc(C(F)(F)F)ccc1SC(O)C(C)(C)C. The van der Waals surface area contributed by atoms with E-state index in [4.69, 9.17) is 0 Å². The summed E-state index contributed by atoms with van der Waals surface area (Å²) < 4.78 is 38.9. The molecule has 0 saturated carbocycles. The Morgan fingerprint density at radius 3 is 2.08 bits per heavy atom. The lowest BCUT2D eigenvalue weighted by molar-refractivity contribution is -0.137. The van der Waals surface area contributed by atoms with Gasteiger partial charge in [-0.25, -0.2) is 0 Å². The summed E-state index contributed by atoms with van der Waals surface area (Å²) in [6, 6.07) is 3.13. The number of carbonyl (C=O) groups is 1. The number of hydrogen-bond donors (Lipinski definition) is 2. The highest BCUT2D eigenvalue weighted by Crippen LogP contribution is 2.40. The molecule has 2 N–H and O–H groups in total. The second-order valence-corrected chi connectivity index (χ2v) is 8.87. The summed E-state index contributed by atoms with van der Waals surface area (Å²) in [5.74, 6) is -0.395. The summed E-state index contributed by atoms with van der Waals surface area (Å²) in [7, 11) is 0. The number of aliphatic hydroxyl groups is 1. The first-order valence-electron chi connectivity index (χ1n) is 7.50. The summed E-state index contributed by atoms with van der Waals surface area (Å²) >= 11 is 1.02. The van der Waals surface area contributed by atoms with Gasteiger partial charge in [0.15, 0.2) is 0 Å². The first-order valence-corrected chi connectivity index (χ1v) is 8.38. The second-order valence-electron chi connectivity index (χ2n) is 7.75. The number of thioether (sulfide) groups is 1. The van der Waals surface area contributed by atoms with Crippen LogP contribution in [0.15, 0.2) is 23.1 Å². The molecule has 0 saturated heterocycles. The number of benzene rings is 1. The van der Waals surface area contributed by atoms with Crippen molar-refractivity contribution in [3.63, 3.8) is 0 Å². The van der Waals surface area contributed by atoms with Crippen molar-refractivity contribution in [1.29, 1.82) is 0 Å². The van der Waals surface area contributed by atoms with Gasteiger partial charge in [0, 0.05) is 10.3 Å². The molecule has 1 unspecified atom stereocenters. The molecular formula is C17H24F3NO2S. The van der Waals surface area contributed by atoms with Gasteiger partial charge in [-0.3, -0.25) is 4.79 Å². The molecule has 0 aliphatic heterocycles. The average molecular weight is 363 g/mol. The molecule has 0 aromatic heterocycles. The number of carbonyl (C=O) groups excluding carboxylic acids is 1. The fraction of sp³-hybridized carbons (Fsp3) is 0.588. The van der Waals surface area contributed by atoms with Crippen molar-refractivity contribution < 1.29 is 23.1 Å². The zero-order valence-corrected chi connectivity index (χ0v) is 15.5. The molecule has 0 aliphatic carbocycles. The summed E-state index contributed by atoms with van der Waals surface area (Å²) in [5, 5.41) is 12.8. The third kappa shape index (κ3) is 5.70. The lowest BCUT2D eigenvalue weighted by Crippen LogP contribution is -2.28. The van der Waals surface area contributed by atoms with E-state index < -0.39 is 33.9 Å². The van der Waals surface area contributed by atoms with Crippen LogP contribution >= 0.6 is 11.8 Å². The molecule has 136 valence electrons. The Hall–Kier alpha value is -1.21. The predicted octanol–water partition coefficient (Wildman–Crippen LogP) is 5.15. The summed E-state index contributed by atoms with van der Waals surface area (Å²) in [6.07, 6.45) is -4.51. The van der Waals surface area contributed by atoms with Gasteiger partial charge in [0.1, 0.15) is 5.44 Å². The Morgan fingerprint density at radius 1 is 1.12 bits per heavy atom. The number of anilines is 1. The van der Waals surface area contributed by atoms with Crippen molar-refractivity contribution in [3.8, 4) is 0 Å². The molecule has 0 spiro atoms. The molecule has 0 aliphatic rings. The van der Waals surface area contributed by atoms with Crippen molar-refractivity contribution in [1.82, 2.24) is 0 Å². The van der Waals surface area contributed by atoms with Crippen LogP contribution in [-0.2, 0) is 11.0 Å². The largest absolute Gasteiger partial charge is 0.416 e. The summed E-state index contributed by atoms with van der Waals surface area (Å²) in [6.45, 7) is 10.5. The highest BCUT2D eigenvalue weighted by Gasteiger charge is 2.32. The normalized spacial score (nSPS) is 14.4. The third-order valence-corrected chi connectivity index (χ3v) is 4.76. The maximum Gasteiger partial charge on any atom is 0.416 e. The molecule has 1 aromatic carbocycles. The van der Waals surface area contributed by atoms with Gasteiger partial charge >= 0.3 is 6.18 Å². The minimum atomic E-state index is -4.51. The Kier molecular flexibility index (Phi) is 6.04. The summed E-state index contributed by atoms with van der Waals surface area (Å²) in [4.78, 5) is 12.6. The minimum absolute atomic E-state index is 0.0537. The van der Waals surface area contributed by atoms with Crippen LogP contribution < -0.4 is 5.32 Å². The molecular weight excluding hydrogens is 339 g/mol. The number of alkyl halides is 3. The number of rotatable bonds is 3. The molecule has 7 heteroatoms. The zero-order valence-electron chi connectivity index (χ0n) is 14.7. The maximum absolute atomic E-state index is 13.0. The lowest BCUT2D eigenvalue weighted by Gasteiger charge is -2.27. The van der Waals surface area contributed by atoms with Gasteiger partial charge in [0.05, 0.1) is 11.3 Å². The molecule has 3 nitrogen and oxygen atoms in total. The second kappa shape index (κ2) is 6.96. The highest BCUT2D eigenvalue weighted by molar-refractivity contribution is 8.00. The first-order chi connectivity index (χ1) is 10.6. The molecule has 24 heavy (non-hydrogen) atoms. The zero-order chi connectivity index (χ0) is 18.9. The van der Waals surface area contributed by atoms with Crippen LogP contribution in [0.1, 0.15) is 47.1 Å². The molecule has 1 atom stereocenters. The number of amides is 1. The molecule has 1 amide bonds. The van der Waals surface area contributed by atoms with Gasteiger partial charge < -0.3 is 10.4 Å². The molecule has 0 bridgehead atoms. The van der Waals surface area contributed by atoms with Crippen LogP contribution in [-0.4, -0.2) is 16.4 Å². The molecule has 1 rings (SSSR count). The Morgan fingerprint density at radius 2 is 1.67 bits per heavy atom. The lowest BCUT2D eigenvalue weighted by atomic mass is 9.95. The van der Waals surface area contributed by atoms with Gasteiger partial charge in [0.25, 0.3) is 0 Å². The fourth-order valence-electron chi connectivity index (χ4n) is 1.51. The van der Waals surface area contributed by atoms with Crippen molar-refractivity contribution in [2.45, 2.75) is 58.1 Å². The monoisotopic (exact) mass is 363 g/mol. The van der Waals surface area contributed by atoms with Gasteiger partial charge in [-0.2, -0.15) is 13.2 Å². The number of halogens is 3. The third-order valence-electron chi connectivity index (χ3n) is 3.22. The van der Waals surface area contributed by atoms with Crippen LogP contribution in [0.3, 0.4) is 0 Å². The van der Waals surface area contributed by atoms with E-state index in [1.54, 1.807) is 20.8 Å². The fourth-order valence-corrected chi connectivity index (χ4v) is 2.49. The molecule has 0 radical (unpaired) electrons. The smallest absolute Gasteiger partial charge is 0.382 e. The topological polar surface area (TPSA) is 49.3 Å². The molecule has 0 fully saturated rings. The Balaban J connectivity index is 3.25. The predicted molar refractivity (Wildman–Crippen MR) is 90.8 cm³/mol. The van der Waals surface area contributed by atoms with E-state index in [1.165, 1.54) is 6.07 Å². The van der Waals surface area contributed by atoms with E-state index in [-0.39, 0.29) is 5.69 Å². The van der Waals surface area contributed by atoms with E-state index in [1.807, 2.05) is 20.8 Å². The number of hydrogen-bond acceptors (Lipinski definition) is 3. The standard InChI is InChI=1S/C17H24F3NO2S/c1-15(2,3)13(22)21-11-9-10(17(18,19)20)7-8-12(11)24-14(23)16(4,5)6/h7-9,14,23H,1-6H3,(H,21,22). The Bertz CT molecular complexity index is 601. The van der Waals surface area contributed by atoms with E-state index in [0.717, 1.165) is 23.9 Å². The van der Waals surface area contributed by atoms with Crippen LogP contribution in [0.4, 0.5) is 18.9 Å². The molecule has 0 heterocycles. The number of nitrogens with one attached hydrogen (secondary N) is 1. The number of aliphatic hydroxyl groups excluding tert-OH is 1. The van der Waals surface area contributed by atoms with E-state index >= 15 is 0 Å². The van der Waals surface area contributed by atoms with Crippen molar-refractivity contribution in [3.05, 3.63) is 23.8 Å². The van der Waals surface area contributed by atoms with Gasteiger partial charge in [0.2, 0.25) is 5.91 Å². The average Bonchev–Trinajstić information content (AvgIpc) is 2.37. The van der Waals surface area contributed by atoms with Crippen molar-refractivity contribution in [2.24, 2.45) is 10.8 Å². The van der Waals surface area contributed by atoms with Crippen LogP contribution in [0.5, 0.6) is 0 Å². The maximum atomic E-state index is 13.0. The van der Waals surface area contributed by atoms with Gasteiger partial charge in [-0.15, -0.1) is 0 Å². The van der Waals surface area contributed by atoms with Crippen molar-refractivity contribution >= 4 is 23.4 Å². The van der Waals surface area contributed by atoms with Crippen LogP contribution in [0, 0.1) is 10.8 Å². The summed E-state index contributed by atoms with van der Waals surface area (Å²) in [5.41, 5.74) is -2.84. The highest BCUT2D eigenvalue weighted by atomic mass is 32.2. The van der Waals surface area contributed by atoms with E-state index in [9.17, 15) is 23.1 Å². The van der Waals surface area contributed by atoms with E-state index in [2.05, 4.69) is 5.32 Å². The molecule has 1 aromatic rings. The van der Waals surface area contributed by atoms with Gasteiger partial charge in [-0.1, -0.05) is 53.3 Å². The Labute approximate surface area is 145 Å². The van der Waals surface area contributed by atoms with Crippen LogP contribution in [0.25, 0.3) is 0 Å². The quantitative estimate of drug-likeness (QED) is 0.577. The van der Waals surface area contributed by atoms with E-state index in [0.29, 0.717) is 4.90 Å². The minimum Gasteiger partial charge on any atom is -0.382 e. The first kappa shape index (κ1) is 20.8. The van der Waals surface area contributed by atoms with Crippen molar-refractivity contribution in [2.75, 3.05) is 5.32 Å². The van der Waals surface area contributed by atoms with Crippen LogP contribution in [0.2, 0.25) is 0 Å².